The minimum absolute atomic E-state index is 0.0958. The summed E-state index contributed by atoms with van der Waals surface area (Å²) in [6.07, 6.45) is -4.51. The fraction of sp³-hybridized carbons (Fsp3) is 0.286. The van der Waals surface area contributed by atoms with Gasteiger partial charge in [-0.05, 0) is 54.7 Å². The minimum Gasteiger partial charge on any atom is -0.309 e. The standard InChI is InChI=1S/C14H13F4NS/c1-8-10(5-6-20-8)13(19-2)11-7-9(15)3-4-12(11)14(16,17)18/h3-7,13,19H,1-2H3. The van der Waals surface area contributed by atoms with Crippen LogP contribution in [0.1, 0.15) is 27.6 Å². The van der Waals surface area contributed by atoms with Gasteiger partial charge in [0.2, 0.25) is 0 Å². The molecule has 1 aromatic carbocycles. The summed E-state index contributed by atoms with van der Waals surface area (Å²) in [7, 11) is 1.56. The second kappa shape index (κ2) is 5.54. The molecule has 1 atom stereocenters. The van der Waals surface area contributed by atoms with Crippen molar-refractivity contribution in [1.29, 1.82) is 0 Å². The van der Waals surface area contributed by atoms with Gasteiger partial charge in [0.05, 0.1) is 11.6 Å². The molecule has 0 aliphatic carbocycles. The lowest BCUT2D eigenvalue weighted by atomic mass is 9.94. The van der Waals surface area contributed by atoms with E-state index < -0.39 is 23.6 Å². The predicted octanol–water partition coefficient (Wildman–Crippen LogP) is 4.52. The van der Waals surface area contributed by atoms with Crippen molar-refractivity contribution in [2.24, 2.45) is 0 Å². The SMILES string of the molecule is CNC(c1cc(F)ccc1C(F)(F)F)c1ccsc1C. The van der Waals surface area contributed by atoms with E-state index in [1.165, 1.54) is 11.3 Å². The van der Waals surface area contributed by atoms with Crippen LogP contribution in [0.4, 0.5) is 17.6 Å². The van der Waals surface area contributed by atoms with Gasteiger partial charge in [0.1, 0.15) is 5.82 Å². The highest BCUT2D eigenvalue weighted by atomic mass is 32.1. The van der Waals surface area contributed by atoms with Crippen LogP contribution in [0.25, 0.3) is 0 Å². The number of alkyl halides is 3. The molecule has 1 heterocycles. The number of rotatable bonds is 3. The van der Waals surface area contributed by atoms with Gasteiger partial charge in [-0.3, -0.25) is 0 Å². The average molecular weight is 303 g/mol. The van der Waals surface area contributed by atoms with Gasteiger partial charge in [-0.1, -0.05) is 0 Å². The lowest BCUT2D eigenvalue weighted by Gasteiger charge is -2.21. The first-order valence-electron chi connectivity index (χ1n) is 5.92. The van der Waals surface area contributed by atoms with Crippen molar-refractivity contribution in [3.63, 3.8) is 0 Å². The Morgan fingerprint density at radius 3 is 2.35 bits per heavy atom. The summed E-state index contributed by atoms with van der Waals surface area (Å²) in [6, 6.07) is 3.64. The van der Waals surface area contributed by atoms with E-state index in [0.717, 1.165) is 28.6 Å². The van der Waals surface area contributed by atoms with Crippen molar-refractivity contribution in [3.05, 3.63) is 57.0 Å². The van der Waals surface area contributed by atoms with E-state index in [1.54, 1.807) is 13.1 Å². The average Bonchev–Trinajstić information content (AvgIpc) is 2.75. The van der Waals surface area contributed by atoms with Crippen LogP contribution in [0.2, 0.25) is 0 Å². The fourth-order valence-electron chi connectivity index (χ4n) is 2.20. The van der Waals surface area contributed by atoms with Gasteiger partial charge >= 0.3 is 6.18 Å². The van der Waals surface area contributed by atoms with Crippen molar-refractivity contribution in [2.75, 3.05) is 7.05 Å². The van der Waals surface area contributed by atoms with Gasteiger partial charge in [-0.15, -0.1) is 11.3 Å². The van der Waals surface area contributed by atoms with Crippen LogP contribution in [0, 0.1) is 12.7 Å². The van der Waals surface area contributed by atoms with Crippen LogP contribution in [0.5, 0.6) is 0 Å². The van der Waals surface area contributed by atoms with Crippen LogP contribution in [0.15, 0.2) is 29.6 Å². The zero-order valence-electron chi connectivity index (χ0n) is 10.9. The molecule has 0 radical (unpaired) electrons. The Balaban J connectivity index is 2.60. The number of aryl methyl sites for hydroxylation is 1. The Bertz CT molecular complexity index is 603. The lowest BCUT2D eigenvalue weighted by molar-refractivity contribution is -0.138. The van der Waals surface area contributed by atoms with E-state index in [0.29, 0.717) is 0 Å². The largest absolute Gasteiger partial charge is 0.416 e. The van der Waals surface area contributed by atoms with Gasteiger partial charge in [0.25, 0.3) is 0 Å². The van der Waals surface area contributed by atoms with Gasteiger partial charge in [-0.2, -0.15) is 13.2 Å². The molecular weight excluding hydrogens is 290 g/mol. The molecule has 1 nitrogen and oxygen atoms in total. The molecule has 0 spiro atoms. The molecule has 0 aliphatic rings. The molecule has 20 heavy (non-hydrogen) atoms. The summed E-state index contributed by atoms with van der Waals surface area (Å²) >= 11 is 1.45. The third-order valence-corrected chi connectivity index (χ3v) is 3.99. The number of halogens is 4. The molecular formula is C14H13F4NS. The smallest absolute Gasteiger partial charge is 0.309 e. The molecule has 0 bridgehead atoms. The molecule has 1 N–H and O–H groups in total. The molecule has 6 heteroatoms. The second-order valence-electron chi connectivity index (χ2n) is 4.38. The Morgan fingerprint density at radius 1 is 1.15 bits per heavy atom. The molecule has 0 saturated carbocycles. The van der Waals surface area contributed by atoms with Gasteiger partial charge in [-0.25, -0.2) is 4.39 Å². The van der Waals surface area contributed by atoms with Crippen molar-refractivity contribution in [1.82, 2.24) is 5.32 Å². The summed E-state index contributed by atoms with van der Waals surface area (Å²) in [5.74, 6) is -0.680. The molecule has 1 unspecified atom stereocenters. The highest BCUT2D eigenvalue weighted by molar-refractivity contribution is 7.10. The van der Waals surface area contributed by atoms with Crippen LogP contribution >= 0.6 is 11.3 Å². The molecule has 108 valence electrons. The van der Waals surface area contributed by atoms with E-state index in [4.69, 9.17) is 0 Å². The molecule has 2 rings (SSSR count). The van der Waals surface area contributed by atoms with Gasteiger partial charge in [0.15, 0.2) is 0 Å². The molecule has 0 saturated heterocycles. The van der Waals surface area contributed by atoms with Crippen LogP contribution in [-0.4, -0.2) is 7.05 Å². The van der Waals surface area contributed by atoms with E-state index in [9.17, 15) is 17.6 Å². The lowest BCUT2D eigenvalue weighted by Crippen LogP contribution is -2.22. The molecule has 2 aromatic rings. The van der Waals surface area contributed by atoms with Crippen molar-refractivity contribution in [2.45, 2.75) is 19.1 Å². The van der Waals surface area contributed by atoms with Crippen molar-refractivity contribution < 1.29 is 17.6 Å². The third-order valence-electron chi connectivity index (χ3n) is 3.13. The topological polar surface area (TPSA) is 12.0 Å². The summed E-state index contributed by atoms with van der Waals surface area (Å²) in [4.78, 5) is 0.904. The number of thiophene rings is 1. The number of hydrogen-bond donors (Lipinski definition) is 1. The summed E-state index contributed by atoms with van der Waals surface area (Å²) in [6.45, 7) is 1.83. The Morgan fingerprint density at radius 2 is 1.85 bits per heavy atom. The highest BCUT2D eigenvalue weighted by Crippen LogP contribution is 2.38. The van der Waals surface area contributed by atoms with Crippen LogP contribution < -0.4 is 5.32 Å². The first-order valence-corrected chi connectivity index (χ1v) is 6.80. The summed E-state index contributed by atoms with van der Waals surface area (Å²) in [5, 5.41) is 4.65. The number of benzene rings is 1. The maximum Gasteiger partial charge on any atom is 0.416 e. The van der Waals surface area contributed by atoms with Crippen molar-refractivity contribution in [3.8, 4) is 0 Å². The summed E-state index contributed by atoms with van der Waals surface area (Å²) < 4.78 is 52.6. The minimum atomic E-state index is -4.51. The number of hydrogen-bond acceptors (Lipinski definition) is 2. The van der Waals surface area contributed by atoms with Gasteiger partial charge in [0, 0.05) is 4.88 Å². The molecule has 0 amide bonds. The monoisotopic (exact) mass is 303 g/mol. The zero-order chi connectivity index (χ0) is 14.9. The molecule has 1 aromatic heterocycles. The maximum absolute atomic E-state index is 13.4. The van der Waals surface area contributed by atoms with Crippen LogP contribution in [0.3, 0.4) is 0 Å². The maximum atomic E-state index is 13.4. The van der Waals surface area contributed by atoms with E-state index >= 15 is 0 Å². The van der Waals surface area contributed by atoms with Crippen molar-refractivity contribution >= 4 is 11.3 Å². The fourth-order valence-corrected chi connectivity index (χ4v) is 2.94. The van der Waals surface area contributed by atoms with E-state index in [-0.39, 0.29) is 5.56 Å². The number of nitrogens with one attached hydrogen (secondary N) is 1. The van der Waals surface area contributed by atoms with E-state index in [2.05, 4.69) is 5.32 Å². The highest BCUT2D eigenvalue weighted by Gasteiger charge is 2.35. The molecule has 0 aliphatic heterocycles. The first kappa shape index (κ1) is 15.0. The Labute approximate surface area is 118 Å². The zero-order valence-corrected chi connectivity index (χ0v) is 11.7. The first-order chi connectivity index (χ1) is 9.34. The third kappa shape index (κ3) is 2.86. The summed E-state index contributed by atoms with van der Waals surface area (Å²) in [5.41, 5.74) is -0.182. The Hall–Kier alpha value is -1.40. The second-order valence-corrected chi connectivity index (χ2v) is 5.50. The van der Waals surface area contributed by atoms with Gasteiger partial charge < -0.3 is 5.32 Å². The quantitative estimate of drug-likeness (QED) is 0.822. The van der Waals surface area contributed by atoms with Crippen LogP contribution in [-0.2, 0) is 6.18 Å². The predicted molar refractivity (Wildman–Crippen MR) is 71.4 cm³/mol. The Kier molecular flexibility index (Phi) is 4.15. The normalized spacial score (nSPS) is 13.5. The molecule has 0 fully saturated rings. The van der Waals surface area contributed by atoms with E-state index in [1.807, 2.05) is 12.3 Å².